The summed E-state index contributed by atoms with van der Waals surface area (Å²) in [5, 5.41) is 9.35. The van der Waals surface area contributed by atoms with E-state index < -0.39 is 24.4 Å². The molecule has 7 heteroatoms. The molecule has 1 saturated heterocycles. The summed E-state index contributed by atoms with van der Waals surface area (Å²) >= 11 is 0. The van der Waals surface area contributed by atoms with Gasteiger partial charge in [0.2, 0.25) is 0 Å². The van der Waals surface area contributed by atoms with Crippen LogP contribution in [-0.4, -0.2) is 65.2 Å². The molecular weight excluding hydrogens is 276 g/mol. The number of hydrogen-bond donors (Lipinski definition) is 1. The van der Waals surface area contributed by atoms with E-state index in [9.17, 15) is 14.7 Å². The largest absolute Gasteiger partial charge is 0.446 e. The van der Waals surface area contributed by atoms with Gasteiger partial charge < -0.3 is 14.6 Å². The minimum atomic E-state index is -0.731. The van der Waals surface area contributed by atoms with Gasteiger partial charge in [0.25, 0.3) is 0 Å². The molecule has 0 radical (unpaired) electrons. The highest BCUT2D eigenvalue weighted by molar-refractivity contribution is 5.71. The monoisotopic (exact) mass is 302 g/mol. The summed E-state index contributed by atoms with van der Waals surface area (Å²) in [6, 6.07) is 0. The first kappa shape index (κ1) is 17.6. The van der Waals surface area contributed by atoms with E-state index in [0.717, 1.165) is 6.42 Å². The number of nitrogens with zero attached hydrogens (tertiary/aromatic N) is 2. The Bertz CT molecular complexity index is 361. The predicted molar refractivity (Wildman–Crippen MR) is 76.8 cm³/mol. The molecule has 1 aliphatic rings. The van der Waals surface area contributed by atoms with Gasteiger partial charge in [0.05, 0.1) is 6.10 Å². The van der Waals surface area contributed by atoms with Gasteiger partial charge in [-0.1, -0.05) is 6.92 Å². The van der Waals surface area contributed by atoms with Crippen molar-refractivity contribution >= 4 is 12.2 Å². The molecule has 3 atom stereocenters. The van der Waals surface area contributed by atoms with Crippen molar-refractivity contribution in [3.8, 4) is 0 Å². The topological polar surface area (TPSA) is 79.3 Å². The molecule has 0 saturated carbocycles. The van der Waals surface area contributed by atoms with Gasteiger partial charge in [-0.05, 0) is 33.6 Å². The summed E-state index contributed by atoms with van der Waals surface area (Å²) in [6.07, 6.45) is -0.972. The molecule has 1 fully saturated rings. The predicted octanol–water partition coefficient (Wildman–Crippen LogP) is 1.79. The summed E-state index contributed by atoms with van der Waals surface area (Å²) in [6.45, 7) is 8.20. The Kier molecular flexibility index (Phi) is 6.74. The standard InChI is InChI=1S/C14H26N2O5/c1-5-10(2)20-13(18)15-7-6-8-16(9-15)14(19)21-12(4)11(3)17/h10-12,17H,5-9H2,1-4H3. The maximum atomic E-state index is 12.0. The third-order valence-electron chi connectivity index (χ3n) is 3.56. The van der Waals surface area contributed by atoms with Crippen LogP contribution in [0.3, 0.4) is 0 Å². The average Bonchev–Trinajstić information content (AvgIpc) is 2.46. The number of aliphatic hydroxyl groups is 1. The molecule has 122 valence electrons. The Morgan fingerprint density at radius 1 is 1.10 bits per heavy atom. The van der Waals surface area contributed by atoms with Gasteiger partial charge in [0, 0.05) is 13.1 Å². The second-order valence-corrected chi connectivity index (χ2v) is 5.45. The quantitative estimate of drug-likeness (QED) is 0.856. The molecule has 2 amide bonds. The molecular formula is C14H26N2O5. The molecule has 21 heavy (non-hydrogen) atoms. The molecule has 3 unspecified atom stereocenters. The first-order chi connectivity index (χ1) is 9.85. The first-order valence-corrected chi connectivity index (χ1v) is 7.44. The highest BCUT2D eigenvalue weighted by Crippen LogP contribution is 2.12. The van der Waals surface area contributed by atoms with Gasteiger partial charge in [-0.3, -0.25) is 9.80 Å². The van der Waals surface area contributed by atoms with Gasteiger partial charge in [0.15, 0.2) is 0 Å². The van der Waals surface area contributed by atoms with Crippen molar-refractivity contribution in [1.82, 2.24) is 9.80 Å². The molecule has 1 N–H and O–H groups in total. The molecule has 7 nitrogen and oxygen atoms in total. The lowest BCUT2D eigenvalue weighted by Crippen LogP contribution is -2.51. The van der Waals surface area contributed by atoms with E-state index in [2.05, 4.69) is 0 Å². The van der Waals surface area contributed by atoms with E-state index >= 15 is 0 Å². The molecule has 1 aliphatic heterocycles. The minimum Gasteiger partial charge on any atom is -0.446 e. The zero-order valence-electron chi connectivity index (χ0n) is 13.2. The minimum absolute atomic E-state index is 0.143. The molecule has 0 aliphatic carbocycles. The number of carbonyl (C=O) groups is 2. The molecule has 0 bridgehead atoms. The van der Waals surface area contributed by atoms with Crippen molar-refractivity contribution in [2.45, 2.75) is 58.8 Å². The summed E-state index contributed by atoms with van der Waals surface area (Å²) in [5.41, 5.74) is 0. The molecule has 0 aromatic carbocycles. The number of aliphatic hydroxyl groups excluding tert-OH is 1. The fourth-order valence-corrected chi connectivity index (χ4v) is 1.76. The van der Waals surface area contributed by atoms with Crippen LogP contribution in [0.2, 0.25) is 0 Å². The van der Waals surface area contributed by atoms with E-state index in [1.807, 2.05) is 13.8 Å². The highest BCUT2D eigenvalue weighted by atomic mass is 16.6. The molecule has 0 aromatic heterocycles. The Morgan fingerprint density at radius 2 is 1.62 bits per heavy atom. The molecule has 1 heterocycles. The van der Waals surface area contributed by atoms with Crippen LogP contribution in [-0.2, 0) is 9.47 Å². The van der Waals surface area contributed by atoms with Crippen LogP contribution in [0.15, 0.2) is 0 Å². The Hall–Kier alpha value is -1.50. The second-order valence-electron chi connectivity index (χ2n) is 5.45. The van der Waals surface area contributed by atoms with Crippen molar-refractivity contribution in [2.75, 3.05) is 19.8 Å². The van der Waals surface area contributed by atoms with Crippen LogP contribution in [0.4, 0.5) is 9.59 Å². The van der Waals surface area contributed by atoms with Gasteiger partial charge in [-0.15, -0.1) is 0 Å². The number of rotatable bonds is 4. The van der Waals surface area contributed by atoms with Gasteiger partial charge in [-0.2, -0.15) is 0 Å². The summed E-state index contributed by atoms with van der Waals surface area (Å²) < 4.78 is 10.4. The molecule has 1 rings (SSSR count). The van der Waals surface area contributed by atoms with E-state index in [-0.39, 0.29) is 12.8 Å². The van der Waals surface area contributed by atoms with Gasteiger partial charge in [-0.25, -0.2) is 9.59 Å². The Labute approximate surface area is 125 Å². The fourth-order valence-electron chi connectivity index (χ4n) is 1.76. The van der Waals surface area contributed by atoms with Crippen molar-refractivity contribution < 1.29 is 24.2 Å². The number of carbonyl (C=O) groups excluding carboxylic acids is 2. The number of amides is 2. The Balaban J connectivity index is 2.51. The SMILES string of the molecule is CCC(C)OC(=O)N1CCCN(C(=O)OC(C)C(C)O)C1. The van der Waals surface area contributed by atoms with Crippen LogP contribution in [0.25, 0.3) is 0 Å². The lowest BCUT2D eigenvalue weighted by Gasteiger charge is -2.35. The first-order valence-electron chi connectivity index (χ1n) is 7.44. The normalized spacial score (nSPS) is 19.7. The van der Waals surface area contributed by atoms with Crippen LogP contribution in [0, 0.1) is 0 Å². The van der Waals surface area contributed by atoms with Crippen LogP contribution >= 0.6 is 0 Å². The van der Waals surface area contributed by atoms with Crippen molar-refractivity contribution in [1.29, 1.82) is 0 Å². The van der Waals surface area contributed by atoms with Crippen LogP contribution in [0.5, 0.6) is 0 Å². The smallest absolute Gasteiger partial charge is 0.411 e. The van der Waals surface area contributed by atoms with E-state index in [1.54, 1.807) is 13.8 Å². The van der Waals surface area contributed by atoms with E-state index in [4.69, 9.17) is 9.47 Å². The molecule has 0 aromatic rings. The summed E-state index contributed by atoms with van der Waals surface area (Å²) in [7, 11) is 0. The third-order valence-corrected chi connectivity index (χ3v) is 3.56. The second kappa shape index (κ2) is 8.07. The van der Waals surface area contributed by atoms with Gasteiger partial charge in [0.1, 0.15) is 18.9 Å². The van der Waals surface area contributed by atoms with Gasteiger partial charge >= 0.3 is 12.2 Å². The Morgan fingerprint density at radius 3 is 2.10 bits per heavy atom. The summed E-state index contributed by atoms with van der Waals surface area (Å²) in [5.74, 6) is 0. The zero-order valence-corrected chi connectivity index (χ0v) is 13.2. The maximum absolute atomic E-state index is 12.0. The van der Waals surface area contributed by atoms with Crippen molar-refractivity contribution in [3.63, 3.8) is 0 Å². The number of hydrogen-bond acceptors (Lipinski definition) is 5. The zero-order chi connectivity index (χ0) is 16.0. The van der Waals surface area contributed by atoms with Crippen LogP contribution in [0.1, 0.15) is 40.5 Å². The molecule has 0 spiro atoms. The highest BCUT2D eigenvalue weighted by Gasteiger charge is 2.28. The number of ether oxygens (including phenoxy) is 2. The van der Waals surface area contributed by atoms with Crippen LogP contribution < -0.4 is 0 Å². The fraction of sp³-hybridized carbons (Fsp3) is 0.857. The van der Waals surface area contributed by atoms with E-state index in [1.165, 1.54) is 9.80 Å². The lowest BCUT2D eigenvalue weighted by molar-refractivity contribution is -0.0114. The van der Waals surface area contributed by atoms with Crippen molar-refractivity contribution in [2.24, 2.45) is 0 Å². The maximum Gasteiger partial charge on any atom is 0.411 e. The van der Waals surface area contributed by atoms with E-state index in [0.29, 0.717) is 19.5 Å². The average molecular weight is 302 g/mol. The van der Waals surface area contributed by atoms with Crippen molar-refractivity contribution in [3.05, 3.63) is 0 Å². The third kappa shape index (κ3) is 5.41. The lowest BCUT2D eigenvalue weighted by atomic mass is 10.2. The summed E-state index contributed by atoms with van der Waals surface area (Å²) in [4.78, 5) is 26.9.